The number of halogens is 8. The molecule has 0 aliphatic rings. The molecule has 0 heterocycles. The summed E-state index contributed by atoms with van der Waals surface area (Å²) in [6.07, 6.45) is -15.3. The SMILES string of the molecule is OC(Cc1cc(Br)ccc1F)C(C(F)(F)F)C(F)(F)F. The third-order valence-corrected chi connectivity index (χ3v) is 3.02. The van der Waals surface area contributed by atoms with E-state index < -0.39 is 42.2 Å². The first-order valence-electron chi connectivity index (χ1n) is 5.18. The van der Waals surface area contributed by atoms with E-state index in [0.29, 0.717) is 0 Å². The van der Waals surface area contributed by atoms with Gasteiger partial charge in [-0.3, -0.25) is 0 Å². The standard InChI is InChI=1S/C11H8BrF7O/c12-6-1-2-7(13)5(3-6)4-8(20)9(10(14,15)16)11(17,18)19/h1-3,8-9,20H,4H2. The van der Waals surface area contributed by atoms with Gasteiger partial charge in [-0.2, -0.15) is 26.3 Å². The Bertz CT molecular complexity index is 455. The van der Waals surface area contributed by atoms with Gasteiger partial charge in [-0.25, -0.2) is 4.39 Å². The average molecular weight is 369 g/mol. The molecule has 114 valence electrons. The molecule has 1 rings (SSSR count). The molecule has 0 radical (unpaired) electrons. The van der Waals surface area contributed by atoms with Crippen molar-refractivity contribution >= 4 is 15.9 Å². The van der Waals surface area contributed by atoms with Crippen LogP contribution in [0.1, 0.15) is 5.56 Å². The lowest BCUT2D eigenvalue weighted by molar-refractivity contribution is -0.305. The predicted molar refractivity (Wildman–Crippen MR) is 59.4 cm³/mol. The second kappa shape index (κ2) is 5.88. The van der Waals surface area contributed by atoms with Gasteiger partial charge in [0.15, 0.2) is 5.92 Å². The largest absolute Gasteiger partial charge is 0.403 e. The third kappa shape index (κ3) is 4.34. The molecule has 0 aliphatic heterocycles. The van der Waals surface area contributed by atoms with Gasteiger partial charge in [-0.05, 0) is 23.8 Å². The number of hydrogen-bond donors (Lipinski definition) is 1. The van der Waals surface area contributed by atoms with Crippen LogP contribution in [0.25, 0.3) is 0 Å². The summed E-state index contributed by atoms with van der Waals surface area (Å²) in [5.41, 5.74) is -0.439. The topological polar surface area (TPSA) is 20.2 Å². The van der Waals surface area contributed by atoms with E-state index in [2.05, 4.69) is 15.9 Å². The molecule has 0 aromatic heterocycles. The maximum absolute atomic E-state index is 13.3. The van der Waals surface area contributed by atoms with Crippen LogP contribution >= 0.6 is 15.9 Å². The van der Waals surface area contributed by atoms with Crippen molar-refractivity contribution in [3.05, 3.63) is 34.1 Å². The van der Waals surface area contributed by atoms with Crippen molar-refractivity contribution in [1.29, 1.82) is 0 Å². The van der Waals surface area contributed by atoms with Crippen molar-refractivity contribution in [2.45, 2.75) is 24.9 Å². The van der Waals surface area contributed by atoms with E-state index in [1.54, 1.807) is 0 Å². The molecule has 0 fully saturated rings. The van der Waals surface area contributed by atoms with Gasteiger partial charge < -0.3 is 5.11 Å². The first-order chi connectivity index (χ1) is 8.93. The van der Waals surface area contributed by atoms with E-state index >= 15 is 0 Å². The Hall–Kier alpha value is -0.830. The lowest BCUT2D eigenvalue weighted by Crippen LogP contribution is -2.45. The van der Waals surface area contributed by atoms with E-state index in [4.69, 9.17) is 0 Å². The van der Waals surface area contributed by atoms with Crippen molar-refractivity contribution in [3.63, 3.8) is 0 Å². The summed E-state index contributed by atoms with van der Waals surface area (Å²) in [5, 5.41) is 9.23. The Labute approximate surface area is 117 Å². The summed E-state index contributed by atoms with van der Waals surface area (Å²) in [6.45, 7) is 0. The molecule has 0 saturated heterocycles. The van der Waals surface area contributed by atoms with Crippen LogP contribution in [0, 0.1) is 11.7 Å². The lowest BCUT2D eigenvalue weighted by Gasteiger charge is -2.27. The lowest BCUT2D eigenvalue weighted by atomic mass is 9.94. The predicted octanol–water partition coefficient (Wildman–Crippen LogP) is 4.23. The van der Waals surface area contributed by atoms with E-state index in [1.165, 1.54) is 6.07 Å². The van der Waals surface area contributed by atoms with Gasteiger partial charge in [0, 0.05) is 10.9 Å². The quantitative estimate of drug-likeness (QED) is 0.791. The van der Waals surface area contributed by atoms with Gasteiger partial charge >= 0.3 is 12.4 Å². The van der Waals surface area contributed by atoms with Crippen LogP contribution in [-0.2, 0) is 6.42 Å². The van der Waals surface area contributed by atoms with Gasteiger partial charge in [0.1, 0.15) is 5.82 Å². The molecule has 20 heavy (non-hydrogen) atoms. The van der Waals surface area contributed by atoms with Crippen LogP contribution in [0.3, 0.4) is 0 Å². The Morgan fingerprint density at radius 2 is 1.55 bits per heavy atom. The monoisotopic (exact) mass is 368 g/mol. The molecule has 1 nitrogen and oxygen atoms in total. The molecule has 0 amide bonds. The van der Waals surface area contributed by atoms with Gasteiger partial charge in [-0.1, -0.05) is 15.9 Å². The van der Waals surface area contributed by atoms with E-state index in [0.717, 1.165) is 12.1 Å². The van der Waals surface area contributed by atoms with Crippen LogP contribution in [0.15, 0.2) is 22.7 Å². The zero-order chi connectivity index (χ0) is 15.7. The highest BCUT2D eigenvalue weighted by atomic mass is 79.9. The Morgan fingerprint density at radius 3 is 2.00 bits per heavy atom. The van der Waals surface area contributed by atoms with Gasteiger partial charge in [-0.15, -0.1) is 0 Å². The highest BCUT2D eigenvalue weighted by Crippen LogP contribution is 2.42. The molecule has 1 aromatic rings. The molecule has 0 spiro atoms. The number of benzene rings is 1. The molecule has 1 atom stereocenters. The third-order valence-electron chi connectivity index (χ3n) is 2.53. The minimum absolute atomic E-state index is 0.275. The van der Waals surface area contributed by atoms with Gasteiger partial charge in [0.2, 0.25) is 0 Å². The molecule has 9 heteroatoms. The van der Waals surface area contributed by atoms with E-state index in [-0.39, 0.29) is 4.47 Å². The van der Waals surface area contributed by atoms with E-state index in [1.807, 2.05) is 0 Å². The summed E-state index contributed by atoms with van der Waals surface area (Å²) in [7, 11) is 0. The smallest absolute Gasteiger partial charge is 0.392 e. The fourth-order valence-corrected chi connectivity index (χ4v) is 2.07. The second-order valence-electron chi connectivity index (χ2n) is 4.07. The van der Waals surface area contributed by atoms with Gasteiger partial charge in [0.05, 0.1) is 6.10 Å². The molecule has 0 aliphatic carbocycles. The van der Waals surface area contributed by atoms with Crippen LogP contribution < -0.4 is 0 Å². The number of hydrogen-bond acceptors (Lipinski definition) is 1. The van der Waals surface area contributed by atoms with E-state index in [9.17, 15) is 35.8 Å². The highest BCUT2D eigenvalue weighted by Gasteiger charge is 2.60. The van der Waals surface area contributed by atoms with Crippen LogP contribution in [0.4, 0.5) is 30.7 Å². The maximum Gasteiger partial charge on any atom is 0.403 e. The Kier molecular flexibility index (Phi) is 5.07. The number of aliphatic hydroxyl groups is 1. The Balaban J connectivity index is 3.03. The van der Waals surface area contributed by atoms with Crippen molar-refractivity contribution in [2.75, 3.05) is 0 Å². The van der Waals surface area contributed by atoms with Crippen molar-refractivity contribution < 1.29 is 35.8 Å². The van der Waals surface area contributed by atoms with Crippen LogP contribution in [-0.4, -0.2) is 23.6 Å². The summed E-state index contributed by atoms with van der Waals surface area (Å²) in [6, 6.07) is 3.13. The van der Waals surface area contributed by atoms with Crippen LogP contribution in [0.2, 0.25) is 0 Å². The summed E-state index contributed by atoms with van der Waals surface area (Å²) in [4.78, 5) is 0. The number of rotatable bonds is 3. The maximum atomic E-state index is 13.3. The molecular formula is C11H8BrF7O. The molecule has 1 N–H and O–H groups in total. The van der Waals surface area contributed by atoms with Crippen molar-refractivity contribution in [2.24, 2.45) is 5.92 Å². The highest BCUT2D eigenvalue weighted by molar-refractivity contribution is 9.10. The summed E-state index contributed by atoms with van der Waals surface area (Å²) >= 11 is 2.91. The average Bonchev–Trinajstić information content (AvgIpc) is 2.18. The number of aliphatic hydroxyl groups excluding tert-OH is 1. The number of alkyl halides is 6. The molecule has 0 bridgehead atoms. The fraction of sp³-hybridized carbons (Fsp3) is 0.455. The molecular weight excluding hydrogens is 361 g/mol. The second-order valence-corrected chi connectivity index (χ2v) is 4.98. The first kappa shape index (κ1) is 17.2. The molecule has 1 unspecified atom stereocenters. The zero-order valence-corrected chi connectivity index (χ0v) is 11.2. The summed E-state index contributed by atoms with van der Waals surface area (Å²) in [5.74, 6) is -4.91. The Morgan fingerprint density at radius 1 is 1.05 bits per heavy atom. The summed E-state index contributed by atoms with van der Waals surface area (Å²) < 4.78 is 87.8. The van der Waals surface area contributed by atoms with Crippen molar-refractivity contribution in [1.82, 2.24) is 0 Å². The van der Waals surface area contributed by atoms with Crippen LogP contribution in [0.5, 0.6) is 0 Å². The molecule has 0 saturated carbocycles. The molecule has 1 aromatic carbocycles. The van der Waals surface area contributed by atoms with Crippen molar-refractivity contribution in [3.8, 4) is 0 Å². The minimum atomic E-state index is -5.67. The minimum Gasteiger partial charge on any atom is -0.392 e. The fourth-order valence-electron chi connectivity index (χ4n) is 1.66. The van der Waals surface area contributed by atoms with Gasteiger partial charge in [0.25, 0.3) is 0 Å². The zero-order valence-electron chi connectivity index (χ0n) is 9.56. The first-order valence-corrected chi connectivity index (χ1v) is 5.97. The normalized spacial score (nSPS) is 14.7.